The first-order valence-electron chi connectivity index (χ1n) is 5.45. The van der Waals surface area contributed by atoms with Crippen LogP contribution in [0.4, 0.5) is 5.95 Å². The van der Waals surface area contributed by atoms with Crippen molar-refractivity contribution in [3.8, 4) is 0 Å². The average molecular weight is 250 g/mol. The maximum atomic E-state index is 5.26. The second-order valence-electron chi connectivity index (χ2n) is 3.50. The quantitative estimate of drug-likeness (QED) is 0.823. The molecule has 0 aromatic carbocycles. The van der Waals surface area contributed by atoms with Crippen molar-refractivity contribution in [3.63, 3.8) is 0 Å². The molecule has 6 heteroatoms. The minimum Gasteiger partial charge on any atom is -0.439 e. The van der Waals surface area contributed by atoms with Crippen molar-refractivity contribution in [2.45, 2.75) is 30.5 Å². The standard InChI is InChI=1S/C11H14N4OS/c1-3-5-12-10-13-6-4-9(15-10)17-11-14-8(2)7-16-11/h4,6-7H,3,5H2,1-2H3,(H,12,13,15). The van der Waals surface area contributed by atoms with E-state index in [0.717, 1.165) is 23.7 Å². The fourth-order valence-electron chi connectivity index (χ4n) is 1.19. The molecule has 2 aromatic heterocycles. The molecule has 0 spiro atoms. The van der Waals surface area contributed by atoms with Gasteiger partial charge in [-0.15, -0.1) is 0 Å². The second-order valence-corrected chi connectivity index (χ2v) is 4.47. The van der Waals surface area contributed by atoms with Crippen LogP contribution in [0.1, 0.15) is 19.0 Å². The van der Waals surface area contributed by atoms with Gasteiger partial charge in [0.2, 0.25) is 5.95 Å². The van der Waals surface area contributed by atoms with Crippen LogP contribution in [0, 0.1) is 6.92 Å². The number of nitrogens with zero attached hydrogens (tertiary/aromatic N) is 3. The highest BCUT2D eigenvalue weighted by molar-refractivity contribution is 7.99. The summed E-state index contributed by atoms with van der Waals surface area (Å²) in [6, 6.07) is 1.83. The van der Waals surface area contributed by atoms with Gasteiger partial charge in [-0.25, -0.2) is 15.0 Å². The van der Waals surface area contributed by atoms with E-state index >= 15 is 0 Å². The number of aryl methyl sites for hydroxylation is 1. The highest BCUT2D eigenvalue weighted by Crippen LogP contribution is 2.25. The van der Waals surface area contributed by atoms with E-state index in [1.54, 1.807) is 12.5 Å². The fraction of sp³-hybridized carbons (Fsp3) is 0.364. The summed E-state index contributed by atoms with van der Waals surface area (Å²) < 4.78 is 5.26. The van der Waals surface area contributed by atoms with Gasteiger partial charge in [0.1, 0.15) is 11.3 Å². The Labute approximate surface area is 104 Å². The van der Waals surface area contributed by atoms with Crippen molar-refractivity contribution < 1.29 is 4.42 Å². The molecule has 0 fully saturated rings. The van der Waals surface area contributed by atoms with Gasteiger partial charge in [-0.3, -0.25) is 0 Å². The summed E-state index contributed by atoms with van der Waals surface area (Å²) in [4.78, 5) is 12.7. The van der Waals surface area contributed by atoms with Crippen LogP contribution in [0.15, 0.2) is 33.2 Å². The third-order valence-corrected chi connectivity index (χ3v) is 2.75. The van der Waals surface area contributed by atoms with Crippen LogP contribution in [-0.4, -0.2) is 21.5 Å². The number of hydrogen-bond acceptors (Lipinski definition) is 6. The van der Waals surface area contributed by atoms with E-state index in [1.807, 2.05) is 13.0 Å². The summed E-state index contributed by atoms with van der Waals surface area (Å²) in [6.45, 7) is 4.86. The maximum Gasteiger partial charge on any atom is 0.262 e. The van der Waals surface area contributed by atoms with E-state index in [0.29, 0.717) is 11.2 Å². The highest BCUT2D eigenvalue weighted by Gasteiger charge is 2.05. The number of aromatic nitrogens is 3. The number of anilines is 1. The van der Waals surface area contributed by atoms with Crippen molar-refractivity contribution in [1.82, 2.24) is 15.0 Å². The first-order valence-corrected chi connectivity index (χ1v) is 6.26. The van der Waals surface area contributed by atoms with Crippen molar-refractivity contribution in [3.05, 3.63) is 24.2 Å². The zero-order valence-electron chi connectivity index (χ0n) is 9.80. The average Bonchev–Trinajstić information content (AvgIpc) is 2.73. The lowest BCUT2D eigenvalue weighted by Gasteiger charge is -2.03. The van der Waals surface area contributed by atoms with E-state index in [2.05, 4.69) is 27.2 Å². The Kier molecular flexibility index (Phi) is 3.98. The number of nitrogens with one attached hydrogen (secondary N) is 1. The zero-order chi connectivity index (χ0) is 12.1. The van der Waals surface area contributed by atoms with Crippen LogP contribution in [0.2, 0.25) is 0 Å². The van der Waals surface area contributed by atoms with Gasteiger partial charge in [-0.05, 0) is 31.2 Å². The minimum absolute atomic E-state index is 0.600. The van der Waals surface area contributed by atoms with Gasteiger partial charge in [0, 0.05) is 12.7 Å². The molecule has 0 amide bonds. The van der Waals surface area contributed by atoms with Gasteiger partial charge in [-0.2, -0.15) is 0 Å². The Morgan fingerprint density at radius 2 is 2.29 bits per heavy atom. The normalized spacial score (nSPS) is 10.5. The molecule has 0 aliphatic carbocycles. The maximum absolute atomic E-state index is 5.26. The Morgan fingerprint density at radius 1 is 1.41 bits per heavy atom. The molecular weight excluding hydrogens is 236 g/mol. The molecule has 0 bridgehead atoms. The molecule has 5 nitrogen and oxygen atoms in total. The molecule has 0 aliphatic rings. The lowest BCUT2D eigenvalue weighted by atomic mass is 10.5. The molecule has 1 N–H and O–H groups in total. The molecule has 0 unspecified atom stereocenters. The van der Waals surface area contributed by atoms with Crippen molar-refractivity contribution in [1.29, 1.82) is 0 Å². The van der Waals surface area contributed by atoms with Crippen molar-refractivity contribution >= 4 is 17.7 Å². The SMILES string of the molecule is CCCNc1nccc(Sc2nc(C)co2)n1. The van der Waals surface area contributed by atoms with E-state index in [1.165, 1.54) is 11.8 Å². The first kappa shape index (κ1) is 11.9. The van der Waals surface area contributed by atoms with Gasteiger partial charge in [0.05, 0.1) is 5.69 Å². The van der Waals surface area contributed by atoms with Crippen molar-refractivity contribution in [2.75, 3.05) is 11.9 Å². The molecule has 2 rings (SSSR count). The third kappa shape index (κ3) is 3.45. The van der Waals surface area contributed by atoms with Crippen molar-refractivity contribution in [2.24, 2.45) is 0 Å². The van der Waals surface area contributed by atoms with E-state index < -0.39 is 0 Å². The van der Waals surface area contributed by atoms with Crippen LogP contribution in [-0.2, 0) is 0 Å². The molecule has 0 saturated heterocycles. The first-order chi connectivity index (χ1) is 8.28. The van der Waals surface area contributed by atoms with E-state index in [4.69, 9.17) is 4.42 Å². The molecular formula is C11H14N4OS. The van der Waals surface area contributed by atoms with E-state index in [9.17, 15) is 0 Å². The Bertz CT molecular complexity index is 486. The lowest BCUT2D eigenvalue weighted by Crippen LogP contribution is -2.04. The molecule has 0 atom stereocenters. The van der Waals surface area contributed by atoms with Crippen LogP contribution in [0.3, 0.4) is 0 Å². The van der Waals surface area contributed by atoms with Gasteiger partial charge in [0.15, 0.2) is 0 Å². The van der Waals surface area contributed by atoms with Crippen LogP contribution < -0.4 is 5.32 Å². The molecule has 2 heterocycles. The summed E-state index contributed by atoms with van der Waals surface area (Å²) in [6.07, 6.45) is 4.39. The molecule has 0 saturated carbocycles. The minimum atomic E-state index is 0.600. The van der Waals surface area contributed by atoms with Gasteiger partial charge < -0.3 is 9.73 Å². The Morgan fingerprint density at radius 3 is 3.00 bits per heavy atom. The van der Waals surface area contributed by atoms with Crippen LogP contribution in [0.5, 0.6) is 0 Å². The second kappa shape index (κ2) is 5.67. The summed E-state index contributed by atoms with van der Waals surface area (Å²) >= 11 is 1.39. The lowest BCUT2D eigenvalue weighted by molar-refractivity contribution is 0.454. The summed E-state index contributed by atoms with van der Waals surface area (Å²) in [5.74, 6) is 0.639. The molecule has 2 aromatic rings. The van der Waals surface area contributed by atoms with Crippen LogP contribution >= 0.6 is 11.8 Å². The predicted octanol–water partition coefficient (Wildman–Crippen LogP) is 2.75. The molecule has 0 radical (unpaired) electrons. The third-order valence-electron chi connectivity index (χ3n) is 1.95. The molecule has 0 aliphatic heterocycles. The molecule has 90 valence electrons. The van der Waals surface area contributed by atoms with Gasteiger partial charge in [0.25, 0.3) is 5.22 Å². The van der Waals surface area contributed by atoms with Gasteiger partial charge in [-0.1, -0.05) is 6.92 Å². The topological polar surface area (TPSA) is 63.8 Å². The largest absolute Gasteiger partial charge is 0.439 e. The predicted molar refractivity (Wildman–Crippen MR) is 66.2 cm³/mol. The van der Waals surface area contributed by atoms with Crippen LogP contribution in [0.25, 0.3) is 0 Å². The Balaban J connectivity index is 2.05. The van der Waals surface area contributed by atoms with E-state index in [-0.39, 0.29) is 0 Å². The summed E-state index contributed by atoms with van der Waals surface area (Å²) in [5, 5.41) is 4.56. The smallest absolute Gasteiger partial charge is 0.262 e. The number of oxazole rings is 1. The summed E-state index contributed by atoms with van der Waals surface area (Å²) in [5.41, 5.74) is 0.867. The highest BCUT2D eigenvalue weighted by atomic mass is 32.2. The summed E-state index contributed by atoms with van der Waals surface area (Å²) in [7, 11) is 0. The number of hydrogen-bond donors (Lipinski definition) is 1. The van der Waals surface area contributed by atoms with Gasteiger partial charge >= 0.3 is 0 Å². The Hall–Kier alpha value is -1.56. The zero-order valence-corrected chi connectivity index (χ0v) is 10.6. The molecule has 17 heavy (non-hydrogen) atoms. The number of rotatable bonds is 5. The fourth-order valence-corrected chi connectivity index (χ4v) is 1.92. The monoisotopic (exact) mass is 250 g/mol.